The first-order valence-electron chi connectivity index (χ1n) is 8.59. The van der Waals surface area contributed by atoms with Gasteiger partial charge in [-0.25, -0.2) is 4.98 Å². The highest BCUT2D eigenvalue weighted by Gasteiger charge is 2.37. The standard InChI is InChI=1S/C19H15N5O2S/c25-16-9-11(10-24(16)17-12-5-1-2-6-13(12)22-23-17)18(26)21-19-20-14-7-3-4-8-15(14)27-19/h1-8,11H,9-10H2,(H,22,23)(H,20,21,26)/t11-/m1/s1. The highest BCUT2D eigenvalue weighted by Crippen LogP contribution is 2.31. The first-order valence-corrected chi connectivity index (χ1v) is 9.40. The van der Waals surface area contributed by atoms with E-state index in [-0.39, 0.29) is 18.2 Å². The Labute approximate surface area is 158 Å². The van der Waals surface area contributed by atoms with E-state index >= 15 is 0 Å². The van der Waals surface area contributed by atoms with Gasteiger partial charge in [0.1, 0.15) is 0 Å². The Hall–Kier alpha value is -3.26. The van der Waals surface area contributed by atoms with Crippen LogP contribution in [0.1, 0.15) is 6.42 Å². The van der Waals surface area contributed by atoms with Crippen LogP contribution < -0.4 is 10.2 Å². The molecular formula is C19H15N5O2S. The molecule has 2 N–H and O–H groups in total. The van der Waals surface area contributed by atoms with Crippen molar-refractivity contribution in [3.63, 3.8) is 0 Å². The van der Waals surface area contributed by atoms with Crippen molar-refractivity contribution in [1.29, 1.82) is 0 Å². The predicted octanol–water partition coefficient (Wildman–Crippen LogP) is 3.16. The molecule has 0 saturated carbocycles. The lowest BCUT2D eigenvalue weighted by atomic mass is 10.1. The maximum atomic E-state index is 12.7. The fraction of sp³-hybridized carbons (Fsp3) is 0.158. The number of nitrogens with one attached hydrogen (secondary N) is 2. The normalized spacial score (nSPS) is 17.1. The number of hydrogen-bond donors (Lipinski definition) is 2. The monoisotopic (exact) mass is 377 g/mol. The number of aromatic nitrogens is 3. The summed E-state index contributed by atoms with van der Waals surface area (Å²) >= 11 is 1.43. The van der Waals surface area contributed by atoms with Gasteiger partial charge >= 0.3 is 0 Å². The Morgan fingerprint density at radius 2 is 2.00 bits per heavy atom. The van der Waals surface area contributed by atoms with Crippen molar-refractivity contribution < 1.29 is 9.59 Å². The average molecular weight is 377 g/mol. The van der Waals surface area contributed by atoms with Gasteiger partial charge < -0.3 is 5.32 Å². The van der Waals surface area contributed by atoms with E-state index in [1.54, 1.807) is 4.90 Å². The lowest BCUT2D eigenvalue weighted by molar-refractivity contribution is -0.122. The number of para-hydroxylation sites is 2. The summed E-state index contributed by atoms with van der Waals surface area (Å²) in [6.07, 6.45) is 0.165. The Bertz CT molecular complexity index is 1150. The maximum absolute atomic E-state index is 12.7. The van der Waals surface area contributed by atoms with Crippen molar-refractivity contribution in [1.82, 2.24) is 15.2 Å². The number of hydrogen-bond acceptors (Lipinski definition) is 5. The highest BCUT2D eigenvalue weighted by molar-refractivity contribution is 7.22. The van der Waals surface area contributed by atoms with Crippen LogP contribution in [-0.4, -0.2) is 33.5 Å². The summed E-state index contributed by atoms with van der Waals surface area (Å²) < 4.78 is 1.01. The van der Waals surface area contributed by atoms with E-state index in [0.29, 0.717) is 17.5 Å². The third-order valence-corrected chi connectivity index (χ3v) is 5.68. The maximum Gasteiger partial charge on any atom is 0.231 e. The molecule has 4 aromatic rings. The molecule has 0 unspecified atom stereocenters. The molecule has 5 rings (SSSR count). The van der Waals surface area contributed by atoms with Gasteiger partial charge in [0.05, 0.1) is 21.7 Å². The zero-order valence-corrected chi connectivity index (χ0v) is 15.0. The zero-order chi connectivity index (χ0) is 18.4. The molecule has 27 heavy (non-hydrogen) atoms. The lowest BCUT2D eigenvalue weighted by Crippen LogP contribution is -2.28. The van der Waals surface area contributed by atoms with Crippen LogP contribution in [0, 0.1) is 5.92 Å². The smallest absolute Gasteiger partial charge is 0.231 e. The van der Waals surface area contributed by atoms with Crippen LogP contribution in [0.3, 0.4) is 0 Å². The third kappa shape index (κ3) is 2.74. The van der Waals surface area contributed by atoms with Crippen molar-refractivity contribution in [2.45, 2.75) is 6.42 Å². The number of rotatable bonds is 3. The molecule has 2 amide bonds. The van der Waals surface area contributed by atoms with Crippen LogP contribution in [0.25, 0.3) is 21.1 Å². The number of fused-ring (bicyclic) bond motifs is 2. The average Bonchev–Trinajstić information content (AvgIpc) is 3.37. The Morgan fingerprint density at radius 1 is 1.19 bits per heavy atom. The predicted molar refractivity (Wildman–Crippen MR) is 105 cm³/mol. The summed E-state index contributed by atoms with van der Waals surface area (Å²) in [5.41, 5.74) is 1.72. The van der Waals surface area contributed by atoms with Crippen LogP contribution >= 0.6 is 11.3 Å². The molecule has 1 aliphatic heterocycles. The first kappa shape index (κ1) is 16.0. The van der Waals surface area contributed by atoms with Gasteiger partial charge in [0.15, 0.2) is 10.9 Å². The molecule has 0 spiro atoms. The van der Waals surface area contributed by atoms with Crippen LogP contribution in [0.4, 0.5) is 10.9 Å². The quantitative estimate of drug-likeness (QED) is 0.574. The van der Waals surface area contributed by atoms with Crippen LogP contribution in [-0.2, 0) is 9.59 Å². The van der Waals surface area contributed by atoms with E-state index in [4.69, 9.17) is 0 Å². The highest BCUT2D eigenvalue weighted by atomic mass is 32.1. The second kappa shape index (κ2) is 6.17. The number of carbonyl (C=O) groups excluding carboxylic acids is 2. The zero-order valence-electron chi connectivity index (χ0n) is 14.2. The number of anilines is 2. The molecule has 0 radical (unpaired) electrons. The Kier molecular flexibility index (Phi) is 3.64. The molecule has 7 nitrogen and oxygen atoms in total. The minimum absolute atomic E-state index is 0.100. The number of amides is 2. The summed E-state index contributed by atoms with van der Waals surface area (Å²) in [5.74, 6) is -0.146. The van der Waals surface area contributed by atoms with Crippen LogP contribution in [0.15, 0.2) is 48.5 Å². The van der Waals surface area contributed by atoms with Gasteiger partial charge in [-0.05, 0) is 24.3 Å². The van der Waals surface area contributed by atoms with Gasteiger partial charge in [0.25, 0.3) is 0 Å². The molecule has 3 heterocycles. The van der Waals surface area contributed by atoms with E-state index in [1.807, 2.05) is 48.5 Å². The number of carbonyl (C=O) groups is 2. The second-order valence-corrected chi connectivity index (χ2v) is 7.50. The molecule has 2 aromatic heterocycles. The number of benzene rings is 2. The van der Waals surface area contributed by atoms with E-state index in [9.17, 15) is 9.59 Å². The molecular weight excluding hydrogens is 362 g/mol. The summed E-state index contributed by atoms with van der Waals surface area (Å²) in [6.45, 7) is 0.310. The Morgan fingerprint density at radius 3 is 2.89 bits per heavy atom. The van der Waals surface area contributed by atoms with Crippen molar-refractivity contribution in [3.8, 4) is 0 Å². The summed E-state index contributed by atoms with van der Waals surface area (Å²) in [5, 5.41) is 11.5. The van der Waals surface area contributed by atoms with Crippen molar-refractivity contribution in [2.24, 2.45) is 5.92 Å². The fourth-order valence-corrected chi connectivity index (χ4v) is 4.24. The SMILES string of the molecule is O=C(Nc1nc2ccccc2s1)[C@@H]1CC(=O)N(c2n[nH]c3ccccc23)C1. The molecule has 1 fully saturated rings. The Balaban J connectivity index is 1.35. The minimum Gasteiger partial charge on any atom is -0.302 e. The van der Waals surface area contributed by atoms with E-state index < -0.39 is 5.92 Å². The molecule has 1 atom stereocenters. The van der Waals surface area contributed by atoms with Crippen molar-refractivity contribution in [2.75, 3.05) is 16.8 Å². The minimum atomic E-state index is -0.431. The van der Waals surface area contributed by atoms with Crippen LogP contribution in [0.5, 0.6) is 0 Å². The fourth-order valence-electron chi connectivity index (χ4n) is 3.38. The van der Waals surface area contributed by atoms with Gasteiger partial charge in [-0.15, -0.1) is 0 Å². The molecule has 1 saturated heterocycles. The molecule has 0 bridgehead atoms. The van der Waals surface area contributed by atoms with Gasteiger partial charge in [-0.3, -0.25) is 19.6 Å². The topological polar surface area (TPSA) is 91.0 Å². The summed E-state index contributed by atoms with van der Waals surface area (Å²) in [6, 6.07) is 15.4. The number of H-pyrrole nitrogens is 1. The second-order valence-electron chi connectivity index (χ2n) is 6.47. The van der Waals surface area contributed by atoms with Crippen LogP contribution in [0.2, 0.25) is 0 Å². The molecule has 0 aliphatic carbocycles. The van der Waals surface area contributed by atoms with Gasteiger partial charge in [-0.1, -0.05) is 35.6 Å². The lowest BCUT2D eigenvalue weighted by Gasteiger charge is -2.13. The number of thiazole rings is 1. The van der Waals surface area contributed by atoms with Gasteiger partial charge in [-0.2, -0.15) is 5.10 Å². The first-order chi connectivity index (χ1) is 13.2. The van der Waals surface area contributed by atoms with Crippen molar-refractivity contribution >= 4 is 55.2 Å². The molecule has 1 aliphatic rings. The van der Waals surface area contributed by atoms with E-state index in [1.165, 1.54) is 11.3 Å². The van der Waals surface area contributed by atoms with E-state index in [2.05, 4.69) is 20.5 Å². The summed E-state index contributed by atoms with van der Waals surface area (Å²) in [7, 11) is 0. The van der Waals surface area contributed by atoms with E-state index in [0.717, 1.165) is 21.1 Å². The van der Waals surface area contributed by atoms with Gasteiger partial charge in [0, 0.05) is 18.4 Å². The number of aromatic amines is 1. The number of nitrogens with zero attached hydrogens (tertiary/aromatic N) is 3. The molecule has 8 heteroatoms. The third-order valence-electron chi connectivity index (χ3n) is 4.73. The largest absolute Gasteiger partial charge is 0.302 e. The molecule has 134 valence electrons. The molecule has 2 aromatic carbocycles. The van der Waals surface area contributed by atoms with Crippen molar-refractivity contribution in [3.05, 3.63) is 48.5 Å². The summed E-state index contributed by atoms with van der Waals surface area (Å²) in [4.78, 5) is 31.2. The van der Waals surface area contributed by atoms with Gasteiger partial charge in [0.2, 0.25) is 11.8 Å².